The molecular weight excluding hydrogens is 310 g/mol. The number of benzene rings is 1. The number of Topliss-reactive ketones (excluding diaryl/α,β-unsaturated/α-hetero) is 1. The van der Waals surface area contributed by atoms with E-state index in [1.165, 1.54) is 6.07 Å². The number of halogens is 3. The average molecular weight is 321 g/mol. The van der Waals surface area contributed by atoms with Crippen LogP contribution in [-0.2, 0) is 9.53 Å². The maximum Gasteiger partial charge on any atom is 0.309 e. The molecule has 0 spiro atoms. The Kier molecular flexibility index (Phi) is 5.40. The van der Waals surface area contributed by atoms with Crippen LogP contribution in [0.3, 0.4) is 0 Å². The van der Waals surface area contributed by atoms with Crippen molar-refractivity contribution in [3.05, 3.63) is 34.1 Å². The monoisotopic (exact) mass is 320 g/mol. The summed E-state index contributed by atoms with van der Waals surface area (Å²) in [5.74, 6) is -2.40. The number of alkyl halides is 1. The smallest absolute Gasteiger partial charge is 0.309 e. The summed E-state index contributed by atoms with van der Waals surface area (Å²) in [6, 6.07) is 3.36. The fourth-order valence-corrected chi connectivity index (χ4v) is 1.80. The van der Waals surface area contributed by atoms with E-state index in [0.29, 0.717) is 4.47 Å². The van der Waals surface area contributed by atoms with Crippen LogP contribution in [0.1, 0.15) is 23.7 Å². The summed E-state index contributed by atoms with van der Waals surface area (Å²) >= 11 is 3.00. The van der Waals surface area contributed by atoms with Gasteiger partial charge in [0.25, 0.3) is 0 Å². The van der Waals surface area contributed by atoms with E-state index in [2.05, 4.69) is 20.7 Å². The van der Waals surface area contributed by atoms with Gasteiger partial charge in [0.05, 0.1) is 13.0 Å². The predicted molar refractivity (Wildman–Crippen MR) is 64.6 cm³/mol. The van der Waals surface area contributed by atoms with Gasteiger partial charge in [-0.1, -0.05) is 15.9 Å². The summed E-state index contributed by atoms with van der Waals surface area (Å²) in [5.41, 5.74) is -0.126. The summed E-state index contributed by atoms with van der Waals surface area (Å²) in [7, 11) is 0. The number of hydrogen-bond donors (Lipinski definition) is 0. The first-order valence-corrected chi connectivity index (χ1v) is 6.03. The Morgan fingerprint density at radius 3 is 2.61 bits per heavy atom. The third-order valence-corrected chi connectivity index (χ3v) is 2.54. The lowest BCUT2D eigenvalue weighted by Crippen LogP contribution is -2.21. The Balaban J connectivity index is 2.77. The van der Waals surface area contributed by atoms with Crippen LogP contribution in [0.15, 0.2) is 22.7 Å². The first-order chi connectivity index (χ1) is 8.43. The van der Waals surface area contributed by atoms with E-state index in [1.807, 2.05) is 0 Å². The van der Waals surface area contributed by atoms with Crippen molar-refractivity contribution in [1.29, 1.82) is 0 Å². The summed E-state index contributed by atoms with van der Waals surface area (Å²) in [6.45, 7) is 1.70. The van der Waals surface area contributed by atoms with Crippen LogP contribution < -0.4 is 0 Å². The van der Waals surface area contributed by atoms with Crippen molar-refractivity contribution in [2.24, 2.45) is 0 Å². The second-order valence-electron chi connectivity index (χ2n) is 3.50. The lowest BCUT2D eigenvalue weighted by molar-refractivity contribution is -0.144. The third-order valence-electron chi connectivity index (χ3n) is 2.08. The van der Waals surface area contributed by atoms with E-state index < -0.39 is 30.2 Å². The molecule has 0 heterocycles. The van der Waals surface area contributed by atoms with Crippen LogP contribution in [0.5, 0.6) is 0 Å². The molecule has 1 rings (SSSR count). The Hall–Kier alpha value is -1.30. The Labute approximate surface area is 111 Å². The van der Waals surface area contributed by atoms with Crippen LogP contribution in [0.4, 0.5) is 8.78 Å². The van der Waals surface area contributed by atoms with Crippen molar-refractivity contribution in [3.8, 4) is 0 Å². The Bertz CT molecular complexity index is 442. The van der Waals surface area contributed by atoms with Gasteiger partial charge in [0, 0.05) is 10.0 Å². The van der Waals surface area contributed by atoms with Crippen molar-refractivity contribution < 1.29 is 23.1 Å². The van der Waals surface area contributed by atoms with E-state index in [9.17, 15) is 18.4 Å². The molecule has 0 aliphatic carbocycles. The predicted octanol–water partition coefficient (Wildman–Crippen LogP) is 3.06. The molecule has 0 bridgehead atoms. The van der Waals surface area contributed by atoms with Gasteiger partial charge in [-0.05, 0) is 25.1 Å². The summed E-state index contributed by atoms with van der Waals surface area (Å²) < 4.78 is 31.4. The minimum atomic E-state index is -2.03. The fourth-order valence-electron chi connectivity index (χ4n) is 1.34. The zero-order valence-corrected chi connectivity index (χ0v) is 11.2. The molecule has 1 atom stereocenters. The molecule has 0 amide bonds. The number of carbonyl (C=O) groups is 2. The highest BCUT2D eigenvalue weighted by Gasteiger charge is 2.23. The zero-order chi connectivity index (χ0) is 13.7. The Morgan fingerprint density at radius 1 is 1.39 bits per heavy atom. The molecule has 3 nitrogen and oxygen atoms in total. The molecule has 0 aromatic heterocycles. The molecule has 1 aromatic carbocycles. The van der Waals surface area contributed by atoms with E-state index in [0.717, 1.165) is 12.1 Å². The first-order valence-electron chi connectivity index (χ1n) is 5.24. The van der Waals surface area contributed by atoms with Gasteiger partial charge in [-0.15, -0.1) is 0 Å². The summed E-state index contributed by atoms with van der Waals surface area (Å²) in [6.07, 6.45) is -2.70. The third kappa shape index (κ3) is 4.18. The molecule has 0 saturated heterocycles. The zero-order valence-electron chi connectivity index (χ0n) is 9.58. The van der Waals surface area contributed by atoms with Gasteiger partial charge in [-0.25, -0.2) is 8.78 Å². The lowest BCUT2D eigenvalue weighted by Gasteiger charge is -2.07. The van der Waals surface area contributed by atoms with Gasteiger partial charge in [0.15, 0.2) is 12.0 Å². The van der Waals surface area contributed by atoms with Gasteiger partial charge >= 0.3 is 5.97 Å². The van der Waals surface area contributed by atoms with Crippen LogP contribution in [0.25, 0.3) is 0 Å². The highest BCUT2D eigenvalue weighted by atomic mass is 79.9. The van der Waals surface area contributed by atoms with E-state index in [-0.39, 0.29) is 12.2 Å². The van der Waals surface area contributed by atoms with Crippen LogP contribution in [0, 0.1) is 5.82 Å². The van der Waals surface area contributed by atoms with Crippen molar-refractivity contribution in [2.45, 2.75) is 19.5 Å². The van der Waals surface area contributed by atoms with E-state index in [4.69, 9.17) is 0 Å². The normalized spacial score (nSPS) is 12.0. The molecule has 0 aliphatic rings. The lowest BCUT2D eigenvalue weighted by atomic mass is 10.1. The standard InChI is InChI=1S/C12H11BrF2O3/c1-2-18-11(16)6-10(15)12(17)7-3-8(13)5-9(14)4-7/h3-5,10H,2,6H2,1H3. The van der Waals surface area contributed by atoms with Gasteiger partial charge in [0.2, 0.25) is 0 Å². The van der Waals surface area contributed by atoms with Crippen molar-refractivity contribution >= 4 is 27.7 Å². The molecule has 6 heteroatoms. The molecule has 1 unspecified atom stereocenters. The maximum atomic E-state index is 13.5. The van der Waals surface area contributed by atoms with Crippen LogP contribution in [-0.4, -0.2) is 24.5 Å². The second kappa shape index (κ2) is 6.58. The number of ether oxygens (including phenoxy) is 1. The summed E-state index contributed by atoms with van der Waals surface area (Å²) in [4.78, 5) is 22.6. The minimum absolute atomic E-state index is 0.116. The largest absolute Gasteiger partial charge is 0.466 e. The molecule has 0 aliphatic heterocycles. The second-order valence-corrected chi connectivity index (χ2v) is 4.41. The van der Waals surface area contributed by atoms with E-state index >= 15 is 0 Å². The van der Waals surface area contributed by atoms with Gasteiger partial charge < -0.3 is 4.74 Å². The molecule has 1 aromatic rings. The topological polar surface area (TPSA) is 43.4 Å². The minimum Gasteiger partial charge on any atom is -0.466 e. The van der Waals surface area contributed by atoms with Crippen molar-refractivity contribution in [2.75, 3.05) is 6.61 Å². The number of carbonyl (C=O) groups excluding carboxylic acids is 2. The first kappa shape index (κ1) is 14.8. The number of rotatable bonds is 5. The van der Waals surface area contributed by atoms with Crippen LogP contribution in [0.2, 0.25) is 0 Å². The maximum absolute atomic E-state index is 13.5. The molecule has 0 radical (unpaired) electrons. The van der Waals surface area contributed by atoms with Crippen molar-refractivity contribution in [3.63, 3.8) is 0 Å². The number of hydrogen-bond acceptors (Lipinski definition) is 3. The SMILES string of the molecule is CCOC(=O)CC(F)C(=O)c1cc(F)cc(Br)c1. The van der Waals surface area contributed by atoms with E-state index in [1.54, 1.807) is 6.92 Å². The highest BCUT2D eigenvalue weighted by molar-refractivity contribution is 9.10. The fraction of sp³-hybridized carbons (Fsp3) is 0.333. The average Bonchev–Trinajstić information content (AvgIpc) is 2.26. The Morgan fingerprint density at radius 2 is 2.06 bits per heavy atom. The quantitative estimate of drug-likeness (QED) is 0.618. The van der Waals surface area contributed by atoms with Gasteiger partial charge in [0.1, 0.15) is 5.82 Å². The highest BCUT2D eigenvalue weighted by Crippen LogP contribution is 2.18. The molecule has 0 fully saturated rings. The molecule has 0 N–H and O–H groups in total. The van der Waals surface area contributed by atoms with Crippen molar-refractivity contribution in [1.82, 2.24) is 0 Å². The number of esters is 1. The van der Waals surface area contributed by atoms with Gasteiger partial charge in [-0.2, -0.15) is 0 Å². The molecule has 0 saturated carbocycles. The van der Waals surface area contributed by atoms with Gasteiger partial charge in [-0.3, -0.25) is 9.59 Å². The van der Waals surface area contributed by atoms with Crippen LogP contribution >= 0.6 is 15.9 Å². The molecule has 18 heavy (non-hydrogen) atoms. The molecular formula is C12H11BrF2O3. The number of ketones is 1. The molecule has 98 valence electrons. The summed E-state index contributed by atoms with van der Waals surface area (Å²) in [5, 5.41) is 0.